The minimum atomic E-state index is 0.840. The van der Waals surface area contributed by atoms with Crippen molar-refractivity contribution in [2.75, 3.05) is 0 Å². The van der Waals surface area contributed by atoms with Gasteiger partial charge >= 0.3 is 0 Å². The van der Waals surface area contributed by atoms with E-state index in [9.17, 15) is 0 Å². The Labute approximate surface area is 93.2 Å². The van der Waals surface area contributed by atoms with Crippen molar-refractivity contribution in [1.82, 2.24) is 0 Å². The van der Waals surface area contributed by atoms with Crippen LogP contribution in [0.15, 0.2) is 36.9 Å². The second kappa shape index (κ2) is 5.82. The zero-order valence-corrected chi connectivity index (χ0v) is 9.54. The largest absolute Gasteiger partial charge is 0.103 e. The van der Waals surface area contributed by atoms with E-state index < -0.39 is 0 Å². The Balaban J connectivity index is 2.87. The van der Waals surface area contributed by atoms with Gasteiger partial charge in [-0.25, -0.2) is 0 Å². The van der Waals surface area contributed by atoms with Crippen LogP contribution in [0.5, 0.6) is 0 Å². The molecule has 0 bridgehead atoms. The summed E-state index contributed by atoms with van der Waals surface area (Å²) < 4.78 is 2.88. The standard InChI is InChI=1S/C12H11I/c1-2-6-11-7-3-4-8-12(11)9-5-10-13/h2-4,7-8H,1,6,9H2. The van der Waals surface area contributed by atoms with E-state index >= 15 is 0 Å². The van der Waals surface area contributed by atoms with E-state index in [0.717, 1.165) is 12.8 Å². The van der Waals surface area contributed by atoms with E-state index in [0.29, 0.717) is 0 Å². The number of halogens is 1. The molecule has 0 amide bonds. The van der Waals surface area contributed by atoms with Crippen LogP contribution < -0.4 is 0 Å². The molecule has 0 aliphatic carbocycles. The zero-order chi connectivity index (χ0) is 9.52. The third-order valence-corrected chi connectivity index (χ3v) is 2.21. The molecule has 13 heavy (non-hydrogen) atoms. The minimum absolute atomic E-state index is 0.840. The highest BCUT2D eigenvalue weighted by atomic mass is 127. The summed E-state index contributed by atoms with van der Waals surface area (Å²) in [5, 5.41) is 0. The van der Waals surface area contributed by atoms with Crippen molar-refractivity contribution in [1.29, 1.82) is 0 Å². The summed E-state index contributed by atoms with van der Waals surface area (Å²) in [6.45, 7) is 3.74. The van der Waals surface area contributed by atoms with Crippen molar-refractivity contribution in [3.8, 4) is 9.85 Å². The van der Waals surface area contributed by atoms with Gasteiger partial charge in [0.05, 0.1) is 0 Å². The lowest BCUT2D eigenvalue weighted by atomic mass is 10.0. The minimum Gasteiger partial charge on any atom is -0.103 e. The molecule has 0 heterocycles. The SMILES string of the molecule is C=CCc1ccccc1CC#CI. The summed E-state index contributed by atoms with van der Waals surface area (Å²) >= 11 is 2.07. The maximum atomic E-state index is 3.74. The van der Waals surface area contributed by atoms with E-state index in [1.165, 1.54) is 11.1 Å². The van der Waals surface area contributed by atoms with Gasteiger partial charge in [-0.2, -0.15) is 0 Å². The van der Waals surface area contributed by atoms with Crippen molar-refractivity contribution in [2.24, 2.45) is 0 Å². The van der Waals surface area contributed by atoms with Crippen molar-refractivity contribution in [2.45, 2.75) is 12.8 Å². The lowest BCUT2D eigenvalue weighted by Crippen LogP contribution is -1.90. The average Bonchev–Trinajstić information content (AvgIpc) is 2.17. The summed E-state index contributed by atoms with van der Waals surface area (Å²) in [5.74, 6) is 3.07. The third kappa shape index (κ3) is 3.23. The topological polar surface area (TPSA) is 0 Å². The smallest absolute Gasteiger partial charge is 0.0351 e. The Morgan fingerprint density at radius 2 is 2.00 bits per heavy atom. The highest BCUT2D eigenvalue weighted by Crippen LogP contribution is 2.10. The molecule has 0 spiro atoms. The predicted molar refractivity (Wildman–Crippen MR) is 65.8 cm³/mol. The van der Waals surface area contributed by atoms with E-state index in [4.69, 9.17) is 0 Å². The first-order valence-corrected chi connectivity index (χ1v) is 5.22. The van der Waals surface area contributed by atoms with Crippen LogP contribution in [0.25, 0.3) is 0 Å². The van der Waals surface area contributed by atoms with Crippen molar-refractivity contribution >= 4 is 22.6 Å². The molecule has 0 saturated heterocycles. The normalized spacial score (nSPS) is 8.69. The second-order valence-corrected chi connectivity index (χ2v) is 3.25. The Morgan fingerprint density at radius 3 is 2.62 bits per heavy atom. The van der Waals surface area contributed by atoms with Gasteiger partial charge in [-0.05, 0) is 21.5 Å². The summed E-state index contributed by atoms with van der Waals surface area (Å²) in [4.78, 5) is 0. The monoisotopic (exact) mass is 282 g/mol. The van der Waals surface area contributed by atoms with Gasteiger partial charge in [-0.3, -0.25) is 0 Å². The van der Waals surface area contributed by atoms with Crippen LogP contribution in [0.2, 0.25) is 0 Å². The van der Waals surface area contributed by atoms with Crippen LogP contribution >= 0.6 is 22.6 Å². The van der Waals surface area contributed by atoms with Crippen LogP contribution in [0.1, 0.15) is 11.1 Å². The van der Waals surface area contributed by atoms with Crippen LogP contribution in [0.3, 0.4) is 0 Å². The molecule has 0 saturated carbocycles. The molecule has 0 radical (unpaired) electrons. The molecule has 1 rings (SSSR count). The fourth-order valence-electron chi connectivity index (χ4n) is 1.21. The molecule has 0 N–H and O–H groups in total. The first-order chi connectivity index (χ1) is 6.38. The Bertz CT molecular complexity index is 342. The Morgan fingerprint density at radius 1 is 1.31 bits per heavy atom. The fraction of sp³-hybridized carbons (Fsp3) is 0.167. The Hall–Kier alpha value is -0.750. The van der Waals surface area contributed by atoms with Crippen LogP contribution in [0.4, 0.5) is 0 Å². The van der Waals surface area contributed by atoms with Crippen LogP contribution in [0, 0.1) is 9.85 Å². The molecule has 1 aromatic rings. The van der Waals surface area contributed by atoms with E-state index in [-0.39, 0.29) is 0 Å². The van der Waals surface area contributed by atoms with Crippen LogP contribution in [-0.4, -0.2) is 0 Å². The highest BCUT2D eigenvalue weighted by molar-refractivity contribution is 14.1. The molecule has 0 aliphatic heterocycles. The number of rotatable bonds is 3. The molecule has 66 valence electrons. The maximum absolute atomic E-state index is 3.74. The highest BCUT2D eigenvalue weighted by Gasteiger charge is 1.96. The van der Waals surface area contributed by atoms with Crippen LogP contribution in [-0.2, 0) is 12.8 Å². The van der Waals surface area contributed by atoms with Crippen molar-refractivity contribution in [3.63, 3.8) is 0 Å². The summed E-state index contributed by atoms with van der Waals surface area (Å²) in [7, 11) is 0. The summed E-state index contributed by atoms with van der Waals surface area (Å²) in [5.41, 5.74) is 2.64. The first kappa shape index (κ1) is 10.3. The summed E-state index contributed by atoms with van der Waals surface area (Å²) in [6, 6.07) is 8.36. The first-order valence-electron chi connectivity index (χ1n) is 4.14. The quantitative estimate of drug-likeness (QED) is 0.453. The van der Waals surface area contributed by atoms with Gasteiger partial charge in [0, 0.05) is 29.0 Å². The molecular weight excluding hydrogens is 271 g/mol. The zero-order valence-electron chi connectivity index (χ0n) is 7.39. The van der Waals surface area contributed by atoms with Gasteiger partial charge < -0.3 is 0 Å². The molecule has 1 heteroatoms. The van der Waals surface area contributed by atoms with Gasteiger partial charge in [-0.1, -0.05) is 36.3 Å². The fourth-order valence-corrected chi connectivity index (χ4v) is 1.40. The van der Waals surface area contributed by atoms with Gasteiger partial charge in [0.1, 0.15) is 0 Å². The lowest BCUT2D eigenvalue weighted by molar-refractivity contribution is 1.17. The maximum Gasteiger partial charge on any atom is 0.0351 e. The molecule has 0 fully saturated rings. The molecule has 0 unspecified atom stereocenters. The molecule has 0 aromatic heterocycles. The molecular formula is C12H11I. The van der Waals surface area contributed by atoms with Gasteiger partial charge in [-0.15, -0.1) is 6.58 Å². The number of benzene rings is 1. The second-order valence-electron chi connectivity index (χ2n) is 2.71. The number of hydrogen-bond acceptors (Lipinski definition) is 0. The van der Waals surface area contributed by atoms with Gasteiger partial charge in [0.25, 0.3) is 0 Å². The molecule has 0 aliphatic rings. The van der Waals surface area contributed by atoms with E-state index in [1.54, 1.807) is 0 Å². The van der Waals surface area contributed by atoms with Crippen molar-refractivity contribution < 1.29 is 0 Å². The van der Waals surface area contributed by atoms with Gasteiger partial charge in [0.2, 0.25) is 0 Å². The average molecular weight is 282 g/mol. The van der Waals surface area contributed by atoms with E-state index in [1.807, 2.05) is 6.08 Å². The number of hydrogen-bond donors (Lipinski definition) is 0. The number of allylic oxidation sites excluding steroid dienone is 1. The molecule has 1 aromatic carbocycles. The Kier molecular flexibility index (Phi) is 4.63. The predicted octanol–water partition coefficient (Wildman–Crippen LogP) is 3.35. The third-order valence-electron chi connectivity index (χ3n) is 1.83. The molecule has 0 nitrogen and oxygen atoms in total. The van der Waals surface area contributed by atoms with E-state index in [2.05, 4.69) is 63.3 Å². The lowest BCUT2D eigenvalue weighted by Gasteiger charge is -2.02. The molecule has 0 atom stereocenters. The summed E-state index contributed by atoms with van der Waals surface area (Å²) in [6.07, 6.45) is 3.70. The van der Waals surface area contributed by atoms with Crippen molar-refractivity contribution in [3.05, 3.63) is 48.0 Å². The van der Waals surface area contributed by atoms with Gasteiger partial charge in [0.15, 0.2) is 0 Å².